The van der Waals surface area contributed by atoms with Gasteiger partial charge in [-0.25, -0.2) is 0 Å². The first kappa shape index (κ1) is 22.0. The van der Waals surface area contributed by atoms with Gasteiger partial charge in [0.05, 0.1) is 30.4 Å². The van der Waals surface area contributed by atoms with Crippen molar-refractivity contribution in [1.82, 2.24) is 0 Å². The van der Waals surface area contributed by atoms with E-state index in [1.807, 2.05) is 37.3 Å². The van der Waals surface area contributed by atoms with Crippen LogP contribution in [-0.2, 0) is 18.0 Å². The van der Waals surface area contributed by atoms with Crippen LogP contribution >= 0.6 is 0 Å². The van der Waals surface area contributed by atoms with Crippen molar-refractivity contribution in [3.8, 4) is 5.75 Å². The number of hydrogen-bond acceptors (Lipinski definition) is 5. The Labute approximate surface area is 180 Å². The number of hydrogen-bond donors (Lipinski definition) is 1. The summed E-state index contributed by atoms with van der Waals surface area (Å²) < 4.78 is 11.5. The highest BCUT2D eigenvalue weighted by atomic mass is 16.6. The highest BCUT2D eigenvalue weighted by Gasteiger charge is 2.14. The number of benzene rings is 3. The van der Waals surface area contributed by atoms with Crippen LogP contribution in [0.4, 0.5) is 11.4 Å². The smallest absolute Gasteiger partial charge is 0.271 e. The maximum Gasteiger partial charge on any atom is 0.271 e. The van der Waals surface area contributed by atoms with Gasteiger partial charge >= 0.3 is 0 Å². The number of amides is 1. The van der Waals surface area contributed by atoms with Gasteiger partial charge in [0, 0.05) is 23.3 Å². The molecular weight excluding hydrogens is 396 g/mol. The Balaban J connectivity index is 1.76. The largest absolute Gasteiger partial charge is 0.494 e. The predicted octanol–water partition coefficient (Wildman–Crippen LogP) is 5.27. The zero-order chi connectivity index (χ0) is 22.2. The van der Waals surface area contributed by atoms with E-state index in [1.165, 1.54) is 12.1 Å². The van der Waals surface area contributed by atoms with Crippen molar-refractivity contribution < 1.29 is 19.2 Å². The lowest BCUT2D eigenvalue weighted by Crippen LogP contribution is -2.14. The molecule has 0 unspecified atom stereocenters. The minimum Gasteiger partial charge on any atom is -0.494 e. The Morgan fingerprint density at radius 3 is 2.52 bits per heavy atom. The van der Waals surface area contributed by atoms with Crippen LogP contribution in [0.5, 0.6) is 5.75 Å². The predicted molar refractivity (Wildman–Crippen MR) is 118 cm³/mol. The van der Waals surface area contributed by atoms with Crippen molar-refractivity contribution in [2.75, 3.05) is 11.9 Å². The number of non-ortho nitro benzene ring substituents is 1. The lowest BCUT2D eigenvalue weighted by atomic mass is 10.1. The summed E-state index contributed by atoms with van der Waals surface area (Å²) in [5.74, 6) is 0.287. The lowest BCUT2D eigenvalue weighted by molar-refractivity contribution is -0.384. The van der Waals surface area contributed by atoms with E-state index < -0.39 is 4.92 Å². The monoisotopic (exact) mass is 420 g/mol. The van der Waals surface area contributed by atoms with Crippen molar-refractivity contribution in [2.45, 2.75) is 27.1 Å². The van der Waals surface area contributed by atoms with Crippen LogP contribution in [-0.4, -0.2) is 17.4 Å². The first-order chi connectivity index (χ1) is 15.0. The Morgan fingerprint density at radius 1 is 1.03 bits per heavy atom. The second-order valence-electron chi connectivity index (χ2n) is 6.94. The number of nitro groups is 1. The van der Waals surface area contributed by atoms with Gasteiger partial charge < -0.3 is 14.8 Å². The first-order valence-electron chi connectivity index (χ1n) is 9.91. The fourth-order valence-corrected chi connectivity index (χ4v) is 3.04. The zero-order valence-corrected chi connectivity index (χ0v) is 17.5. The average molecular weight is 420 g/mol. The normalized spacial score (nSPS) is 10.5. The fourth-order valence-electron chi connectivity index (χ4n) is 3.04. The van der Waals surface area contributed by atoms with E-state index in [2.05, 4.69) is 5.32 Å². The number of carbonyl (C=O) groups excluding carboxylic acids is 1. The summed E-state index contributed by atoms with van der Waals surface area (Å²) in [6, 6.07) is 19.3. The minimum absolute atomic E-state index is 0.0809. The highest BCUT2D eigenvalue weighted by molar-refractivity contribution is 6.05. The number of ether oxygens (including phenoxy) is 2. The van der Waals surface area contributed by atoms with E-state index in [4.69, 9.17) is 9.47 Å². The second-order valence-corrected chi connectivity index (χ2v) is 6.94. The van der Waals surface area contributed by atoms with Crippen LogP contribution in [0.3, 0.4) is 0 Å². The molecule has 0 saturated carbocycles. The number of nitrogens with zero attached hydrogens (tertiary/aromatic N) is 1. The van der Waals surface area contributed by atoms with E-state index in [9.17, 15) is 14.9 Å². The van der Waals surface area contributed by atoms with Gasteiger partial charge in [0.25, 0.3) is 11.6 Å². The van der Waals surface area contributed by atoms with Gasteiger partial charge in [-0.1, -0.05) is 36.4 Å². The molecule has 3 aromatic carbocycles. The van der Waals surface area contributed by atoms with Crippen LogP contribution < -0.4 is 10.1 Å². The fraction of sp³-hybridized carbons (Fsp3) is 0.208. The molecule has 3 aromatic rings. The summed E-state index contributed by atoms with van der Waals surface area (Å²) in [7, 11) is 0. The molecule has 0 atom stereocenters. The van der Waals surface area contributed by atoms with E-state index in [1.54, 1.807) is 31.2 Å². The second kappa shape index (κ2) is 10.4. The van der Waals surface area contributed by atoms with Gasteiger partial charge in [-0.15, -0.1) is 0 Å². The molecule has 0 heterocycles. The van der Waals surface area contributed by atoms with E-state index >= 15 is 0 Å². The molecule has 7 nitrogen and oxygen atoms in total. The maximum atomic E-state index is 12.8. The number of carbonyl (C=O) groups is 1. The van der Waals surface area contributed by atoms with Crippen LogP contribution in [0.25, 0.3) is 0 Å². The number of nitrogens with one attached hydrogen (secondary N) is 1. The van der Waals surface area contributed by atoms with Gasteiger partial charge in [0.1, 0.15) is 5.75 Å². The molecule has 1 amide bonds. The van der Waals surface area contributed by atoms with Crippen molar-refractivity contribution in [3.63, 3.8) is 0 Å². The van der Waals surface area contributed by atoms with Gasteiger partial charge in [0.15, 0.2) is 0 Å². The quantitative estimate of drug-likeness (QED) is 0.376. The molecule has 0 aliphatic carbocycles. The first-order valence-corrected chi connectivity index (χ1v) is 9.91. The molecule has 31 heavy (non-hydrogen) atoms. The maximum absolute atomic E-state index is 12.8. The van der Waals surface area contributed by atoms with Crippen molar-refractivity contribution in [3.05, 3.63) is 99.1 Å². The van der Waals surface area contributed by atoms with Gasteiger partial charge in [-0.2, -0.15) is 0 Å². The van der Waals surface area contributed by atoms with Gasteiger partial charge in [-0.05, 0) is 43.2 Å². The molecule has 160 valence electrons. The van der Waals surface area contributed by atoms with E-state index in [-0.39, 0.29) is 18.2 Å². The molecule has 0 spiro atoms. The summed E-state index contributed by atoms with van der Waals surface area (Å²) >= 11 is 0. The number of rotatable bonds is 9. The third-order valence-corrected chi connectivity index (χ3v) is 4.67. The summed E-state index contributed by atoms with van der Waals surface area (Å²) in [5, 5.41) is 13.8. The number of nitro benzene ring substituents is 1. The number of anilines is 1. The standard InChI is InChI=1S/C24H24N2O5/c1-3-31-23-12-10-19(13-20(23)16-30-15-18-7-5-4-6-8-18)24(27)25-22-14-21(26(28)29)11-9-17(22)2/h4-14H,3,15-16H2,1-2H3,(H,25,27). The molecule has 3 rings (SSSR count). The summed E-state index contributed by atoms with van der Waals surface area (Å²) in [6.45, 7) is 4.88. The summed E-state index contributed by atoms with van der Waals surface area (Å²) in [5.41, 5.74) is 3.26. The Morgan fingerprint density at radius 2 is 1.81 bits per heavy atom. The third kappa shape index (κ3) is 5.90. The molecule has 0 aliphatic heterocycles. The minimum atomic E-state index is -0.492. The third-order valence-electron chi connectivity index (χ3n) is 4.67. The van der Waals surface area contributed by atoms with Crippen LogP contribution in [0.1, 0.15) is 34.0 Å². The zero-order valence-electron chi connectivity index (χ0n) is 17.5. The molecule has 0 fully saturated rings. The molecule has 0 aliphatic rings. The molecule has 0 aromatic heterocycles. The van der Waals surface area contributed by atoms with Crippen LogP contribution in [0.15, 0.2) is 66.7 Å². The van der Waals surface area contributed by atoms with Gasteiger partial charge in [-0.3, -0.25) is 14.9 Å². The number of aryl methyl sites for hydroxylation is 1. The molecule has 0 saturated heterocycles. The van der Waals surface area contributed by atoms with Crippen molar-refractivity contribution in [1.29, 1.82) is 0 Å². The summed E-state index contributed by atoms with van der Waals surface area (Å²) in [4.78, 5) is 23.3. The molecule has 0 bridgehead atoms. The van der Waals surface area contributed by atoms with Crippen LogP contribution in [0.2, 0.25) is 0 Å². The topological polar surface area (TPSA) is 90.7 Å². The van der Waals surface area contributed by atoms with Crippen molar-refractivity contribution >= 4 is 17.3 Å². The Hall–Kier alpha value is -3.71. The van der Waals surface area contributed by atoms with Crippen molar-refractivity contribution in [2.24, 2.45) is 0 Å². The SMILES string of the molecule is CCOc1ccc(C(=O)Nc2cc([N+](=O)[O-])ccc2C)cc1COCc1ccccc1. The average Bonchev–Trinajstić information content (AvgIpc) is 2.77. The lowest BCUT2D eigenvalue weighted by Gasteiger charge is -2.13. The van der Waals surface area contributed by atoms with Crippen LogP contribution in [0, 0.1) is 17.0 Å². The molecular formula is C24H24N2O5. The van der Waals surface area contributed by atoms with E-state index in [0.717, 1.165) is 16.7 Å². The highest BCUT2D eigenvalue weighted by Crippen LogP contribution is 2.25. The Bertz CT molecular complexity index is 1070. The molecule has 7 heteroatoms. The van der Waals surface area contributed by atoms with Gasteiger partial charge in [0.2, 0.25) is 0 Å². The molecule has 1 N–H and O–H groups in total. The Kier molecular flexibility index (Phi) is 7.35. The summed E-state index contributed by atoms with van der Waals surface area (Å²) in [6.07, 6.45) is 0. The molecule has 0 radical (unpaired) electrons. The van der Waals surface area contributed by atoms with E-state index in [0.29, 0.717) is 30.2 Å².